The molecule has 2 aliphatic carbocycles. The van der Waals surface area contributed by atoms with Gasteiger partial charge in [0.15, 0.2) is 0 Å². The lowest BCUT2D eigenvalue weighted by Gasteiger charge is -2.35. The van der Waals surface area contributed by atoms with Gasteiger partial charge < -0.3 is 9.47 Å². The second kappa shape index (κ2) is 11.7. The van der Waals surface area contributed by atoms with E-state index in [1.54, 1.807) is 24.3 Å². The predicted molar refractivity (Wildman–Crippen MR) is 123 cm³/mol. The number of halogens is 2. The van der Waals surface area contributed by atoms with E-state index in [1.807, 2.05) is 0 Å². The maximum Gasteiger partial charge on any atom is 0.311 e. The van der Waals surface area contributed by atoms with Crippen LogP contribution in [0.2, 0.25) is 0 Å². The Kier molecular flexibility index (Phi) is 9.03. The highest BCUT2D eigenvalue weighted by molar-refractivity contribution is 5.78. The lowest BCUT2D eigenvalue weighted by atomic mass is 9.80. The van der Waals surface area contributed by atoms with E-state index in [4.69, 9.17) is 9.47 Å². The normalized spacial score (nSPS) is 25.8. The summed E-state index contributed by atoms with van der Waals surface area (Å²) in [4.78, 5) is 13.0. The molecule has 1 atom stereocenters. The molecule has 0 saturated heterocycles. The van der Waals surface area contributed by atoms with Crippen LogP contribution in [0.25, 0.3) is 5.57 Å². The molecule has 1 aromatic carbocycles. The average molecular weight is 447 g/mol. The summed E-state index contributed by atoms with van der Waals surface area (Å²) in [6.07, 6.45) is 11.7. The van der Waals surface area contributed by atoms with Crippen molar-refractivity contribution in [2.24, 2.45) is 11.8 Å². The molecule has 0 N–H and O–H groups in total. The zero-order valence-electron chi connectivity index (χ0n) is 19.4. The summed E-state index contributed by atoms with van der Waals surface area (Å²) in [5.74, 6) is -2.30. The van der Waals surface area contributed by atoms with E-state index in [0.29, 0.717) is 12.5 Å². The Morgan fingerprint density at radius 2 is 1.81 bits per heavy atom. The Bertz CT molecular complexity index is 824. The number of allylic oxidation sites excluding steroid dienone is 2. The molecule has 3 nitrogen and oxygen atoms in total. The molecule has 32 heavy (non-hydrogen) atoms. The first kappa shape index (κ1) is 24.6. The molecule has 0 radical (unpaired) electrons. The molecule has 0 aromatic heterocycles. The quantitative estimate of drug-likeness (QED) is 0.212. The molecule has 0 spiro atoms. The van der Waals surface area contributed by atoms with Gasteiger partial charge in [-0.05, 0) is 56.2 Å². The van der Waals surface area contributed by atoms with Gasteiger partial charge in [0.05, 0.1) is 18.9 Å². The molecule has 1 fully saturated rings. The maximum absolute atomic E-state index is 15.2. The molecule has 1 aromatic rings. The topological polar surface area (TPSA) is 35.5 Å². The SMILES string of the molecule is CCCCCOC1(OC(=O)C2CCC(CCC)CC2)C=CC(c2ccccc2F)=C(F)C1. The Balaban J connectivity index is 1.72. The van der Waals surface area contributed by atoms with Crippen molar-refractivity contribution >= 4 is 11.5 Å². The number of esters is 1. The van der Waals surface area contributed by atoms with Gasteiger partial charge >= 0.3 is 5.97 Å². The third-order valence-electron chi connectivity index (χ3n) is 6.61. The highest BCUT2D eigenvalue weighted by Gasteiger charge is 2.40. The number of ether oxygens (including phenoxy) is 2. The molecule has 5 heteroatoms. The van der Waals surface area contributed by atoms with Gasteiger partial charge in [0, 0.05) is 11.1 Å². The Morgan fingerprint density at radius 1 is 1.06 bits per heavy atom. The number of unbranched alkanes of at least 4 members (excludes halogenated alkanes) is 2. The molecule has 0 amide bonds. The molecule has 3 rings (SSSR count). The van der Waals surface area contributed by atoms with Crippen molar-refractivity contribution in [2.45, 2.75) is 83.8 Å². The van der Waals surface area contributed by atoms with E-state index in [2.05, 4.69) is 13.8 Å². The number of rotatable bonds is 10. The second-order valence-corrected chi connectivity index (χ2v) is 9.10. The van der Waals surface area contributed by atoms with Gasteiger partial charge in [-0.3, -0.25) is 4.79 Å². The molecule has 0 heterocycles. The highest BCUT2D eigenvalue weighted by atomic mass is 19.1. The summed E-state index contributed by atoms with van der Waals surface area (Å²) in [6, 6.07) is 6.10. The van der Waals surface area contributed by atoms with E-state index < -0.39 is 17.4 Å². The lowest BCUT2D eigenvalue weighted by molar-refractivity contribution is -0.216. The van der Waals surface area contributed by atoms with Crippen molar-refractivity contribution < 1.29 is 23.0 Å². The highest BCUT2D eigenvalue weighted by Crippen LogP contribution is 2.39. The fourth-order valence-electron chi connectivity index (χ4n) is 4.73. The molecule has 176 valence electrons. The Morgan fingerprint density at radius 3 is 2.47 bits per heavy atom. The van der Waals surface area contributed by atoms with E-state index in [-0.39, 0.29) is 29.4 Å². The molecular weight excluding hydrogens is 410 g/mol. The summed E-state index contributed by atoms with van der Waals surface area (Å²) in [5, 5.41) is 0. The lowest BCUT2D eigenvalue weighted by Crippen LogP contribution is -2.40. The van der Waals surface area contributed by atoms with Gasteiger partial charge in [0.2, 0.25) is 5.79 Å². The van der Waals surface area contributed by atoms with Crippen molar-refractivity contribution in [3.05, 3.63) is 53.6 Å². The standard InChI is InChI=1S/C27H36F2O3/c1-3-5-8-18-31-27(32-26(30)21-14-12-20(9-4-2)13-15-21)17-16-23(25(29)19-27)22-10-6-7-11-24(22)28/h6-7,10-11,16-17,20-21H,3-5,8-9,12-15,18-19H2,1-2H3. The summed E-state index contributed by atoms with van der Waals surface area (Å²) in [7, 11) is 0. The molecule has 2 aliphatic rings. The maximum atomic E-state index is 15.2. The summed E-state index contributed by atoms with van der Waals surface area (Å²) < 4.78 is 41.3. The molecule has 0 bridgehead atoms. The van der Waals surface area contributed by atoms with E-state index >= 15 is 4.39 Å². The van der Waals surface area contributed by atoms with Crippen LogP contribution in [0.1, 0.15) is 83.6 Å². The molecular formula is C27H36F2O3. The number of hydrogen-bond donors (Lipinski definition) is 0. The van der Waals surface area contributed by atoms with Gasteiger partial charge in [-0.1, -0.05) is 57.7 Å². The minimum atomic E-state index is -1.47. The minimum absolute atomic E-state index is 0.173. The first-order valence-corrected chi connectivity index (χ1v) is 12.2. The van der Waals surface area contributed by atoms with Gasteiger partial charge in [-0.2, -0.15) is 0 Å². The monoisotopic (exact) mass is 446 g/mol. The van der Waals surface area contributed by atoms with Crippen LogP contribution in [0.15, 0.2) is 42.2 Å². The third kappa shape index (κ3) is 6.28. The van der Waals surface area contributed by atoms with Crippen LogP contribution in [0.3, 0.4) is 0 Å². The van der Waals surface area contributed by atoms with Crippen LogP contribution in [-0.2, 0) is 14.3 Å². The molecule has 1 unspecified atom stereocenters. The van der Waals surface area contributed by atoms with E-state index in [0.717, 1.165) is 51.4 Å². The summed E-state index contributed by atoms with van der Waals surface area (Å²) in [5.41, 5.74) is 0.369. The predicted octanol–water partition coefficient (Wildman–Crippen LogP) is 7.52. The molecule has 0 aliphatic heterocycles. The van der Waals surface area contributed by atoms with Gasteiger partial charge in [-0.15, -0.1) is 0 Å². The van der Waals surface area contributed by atoms with Crippen molar-refractivity contribution in [3.8, 4) is 0 Å². The van der Waals surface area contributed by atoms with Gasteiger partial charge in [0.25, 0.3) is 0 Å². The number of hydrogen-bond acceptors (Lipinski definition) is 3. The Labute approximate surface area is 190 Å². The number of carbonyl (C=O) groups is 1. The summed E-state index contributed by atoms with van der Waals surface area (Å²) >= 11 is 0. The number of benzene rings is 1. The average Bonchev–Trinajstić information content (AvgIpc) is 2.78. The first-order chi connectivity index (χ1) is 15.5. The zero-order valence-corrected chi connectivity index (χ0v) is 19.4. The first-order valence-electron chi connectivity index (χ1n) is 12.2. The molecule has 1 saturated carbocycles. The van der Waals surface area contributed by atoms with Crippen LogP contribution in [0, 0.1) is 17.7 Å². The van der Waals surface area contributed by atoms with Crippen LogP contribution in [-0.4, -0.2) is 18.4 Å². The number of carbonyl (C=O) groups excluding carboxylic acids is 1. The zero-order chi connectivity index (χ0) is 23.0. The van der Waals surface area contributed by atoms with Crippen molar-refractivity contribution in [1.29, 1.82) is 0 Å². The van der Waals surface area contributed by atoms with Gasteiger partial charge in [0.1, 0.15) is 11.6 Å². The van der Waals surface area contributed by atoms with Crippen LogP contribution >= 0.6 is 0 Å². The second-order valence-electron chi connectivity index (χ2n) is 9.10. The third-order valence-corrected chi connectivity index (χ3v) is 6.61. The van der Waals surface area contributed by atoms with Crippen LogP contribution < -0.4 is 0 Å². The van der Waals surface area contributed by atoms with E-state index in [9.17, 15) is 9.18 Å². The fraction of sp³-hybridized carbons (Fsp3) is 0.593. The smallest absolute Gasteiger partial charge is 0.311 e. The van der Waals surface area contributed by atoms with Crippen LogP contribution in [0.4, 0.5) is 8.78 Å². The summed E-state index contributed by atoms with van der Waals surface area (Å²) in [6.45, 7) is 4.65. The minimum Gasteiger partial charge on any atom is -0.429 e. The van der Waals surface area contributed by atoms with E-state index in [1.165, 1.54) is 18.6 Å². The largest absolute Gasteiger partial charge is 0.429 e. The van der Waals surface area contributed by atoms with Crippen molar-refractivity contribution in [2.75, 3.05) is 6.61 Å². The van der Waals surface area contributed by atoms with Crippen molar-refractivity contribution in [1.82, 2.24) is 0 Å². The van der Waals surface area contributed by atoms with Gasteiger partial charge in [-0.25, -0.2) is 8.78 Å². The Hall–Kier alpha value is -2.01. The fourth-order valence-corrected chi connectivity index (χ4v) is 4.73. The van der Waals surface area contributed by atoms with Crippen molar-refractivity contribution in [3.63, 3.8) is 0 Å². The van der Waals surface area contributed by atoms with Crippen LogP contribution in [0.5, 0.6) is 0 Å².